The molecule has 0 atom stereocenters. The Bertz CT molecular complexity index is 2830. The zero-order chi connectivity index (χ0) is 37.3. The van der Waals surface area contributed by atoms with E-state index in [2.05, 4.69) is 130 Å². The minimum absolute atomic E-state index is 0.0306. The van der Waals surface area contributed by atoms with Crippen molar-refractivity contribution in [1.82, 2.24) is 0 Å². The molecule has 264 valence electrons. The molecule has 0 fully saturated rings. The second-order valence-electron chi connectivity index (χ2n) is 16.9. The van der Waals surface area contributed by atoms with Gasteiger partial charge >= 0.3 is 0 Å². The summed E-state index contributed by atoms with van der Waals surface area (Å²) >= 11 is 0. The first kappa shape index (κ1) is 32.8. The Kier molecular flexibility index (Phi) is 6.86. The average Bonchev–Trinajstić information content (AvgIpc) is 3.51. The summed E-state index contributed by atoms with van der Waals surface area (Å²) < 4.78 is 35.8. The molecular weight excluding hydrogens is 669 g/mol. The lowest BCUT2D eigenvalue weighted by Gasteiger charge is -2.45. The third-order valence-electron chi connectivity index (χ3n) is 11.4. The molecule has 10 rings (SSSR count). The maximum atomic E-state index is 14.6. The summed E-state index contributed by atoms with van der Waals surface area (Å²) in [7, 11) is 0. The number of fused-ring (bicyclic) bond motifs is 9. The zero-order valence-corrected chi connectivity index (χ0v) is 31.3. The van der Waals surface area contributed by atoms with Crippen molar-refractivity contribution in [2.75, 3.05) is 9.80 Å². The van der Waals surface area contributed by atoms with Gasteiger partial charge in [0.15, 0.2) is 0 Å². The molecule has 0 bridgehead atoms. The minimum Gasteiger partial charge on any atom is -0.456 e. The van der Waals surface area contributed by atoms with E-state index in [4.69, 9.17) is 4.42 Å². The molecule has 0 saturated heterocycles. The van der Waals surface area contributed by atoms with E-state index in [1.807, 2.05) is 24.3 Å². The minimum atomic E-state index is -0.287. The van der Waals surface area contributed by atoms with E-state index in [-0.39, 0.29) is 29.2 Å². The Hall–Kier alpha value is -5.88. The third kappa shape index (κ3) is 4.85. The summed E-state index contributed by atoms with van der Waals surface area (Å²) in [6.07, 6.45) is 0. The highest BCUT2D eigenvalue weighted by Gasteiger charge is 2.45. The highest BCUT2D eigenvalue weighted by molar-refractivity contribution is 7.00. The van der Waals surface area contributed by atoms with Crippen molar-refractivity contribution >= 4 is 89.9 Å². The van der Waals surface area contributed by atoms with Crippen LogP contribution in [0.3, 0.4) is 0 Å². The lowest BCUT2D eigenvalue weighted by molar-refractivity contribution is 0.590. The third-order valence-corrected chi connectivity index (χ3v) is 11.4. The number of benzene rings is 7. The molecular formula is C48H39BF2N2O. The van der Waals surface area contributed by atoms with Crippen molar-refractivity contribution < 1.29 is 13.2 Å². The van der Waals surface area contributed by atoms with E-state index < -0.39 is 0 Å². The van der Waals surface area contributed by atoms with Gasteiger partial charge in [0.2, 0.25) is 0 Å². The average molecular weight is 709 g/mol. The van der Waals surface area contributed by atoms with Crippen LogP contribution in [0.1, 0.15) is 52.7 Å². The summed E-state index contributed by atoms with van der Waals surface area (Å²) in [5.41, 5.74) is 13.1. The number of halogens is 2. The van der Waals surface area contributed by atoms with Crippen molar-refractivity contribution in [3.05, 3.63) is 150 Å². The van der Waals surface area contributed by atoms with Crippen LogP contribution in [-0.4, -0.2) is 6.71 Å². The summed E-state index contributed by atoms with van der Waals surface area (Å²) in [5.74, 6) is -0.565. The summed E-state index contributed by atoms with van der Waals surface area (Å²) in [6.45, 7) is 13.3. The largest absolute Gasteiger partial charge is 0.456 e. The molecule has 0 spiro atoms. The quantitative estimate of drug-likeness (QED) is 0.167. The smallest absolute Gasteiger partial charge is 0.252 e. The van der Waals surface area contributed by atoms with Crippen molar-refractivity contribution in [1.29, 1.82) is 0 Å². The van der Waals surface area contributed by atoms with E-state index in [0.717, 1.165) is 88.8 Å². The van der Waals surface area contributed by atoms with Crippen LogP contribution in [0.4, 0.5) is 42.9 Å². The first-order valence-corrected chi connectivity index (χ1v) is 18.7. The topological polar surface area (TPSA) is 19.6 Å². The van der Waals surface area contributed by atoms with E-state index in [9.17, 15) is 8.78 Å². The molecule has 0 unspecified atom stereocenters. The lowest BCUT2D eigenvalue weighted by atomic mass is 9.33. The van der Waals surface area contributed by atoms with Gasteiger partial charge in [-0.25, -0.2) is 8.78 Å². The number of nitrogens with zero attached hydrogens (tertiary/aromatic N) is 2. The molecule has 0 saturated carbocycles. The van der Waals surface area contributed by atoms with E-state index in [1.54, 1.807) is 12.1 Å². The van der Waals surface area contributed by atoms with E-state index in [0.29, 0.717) is 0 Å². The fraction of sp³-hybridized carbons (Fsp3) is 0.167. The van der Waals surface area contributed by atoms with Crippen LogP contribution < -0.4 is 26.2 Å². The molecule has 2 aliphatic heterocycles. The molecule has 6 heteroatoms. The van der Waals surface area contributed by atoms with Gasteiger partial charge in [-0.1, -0.05) is 90.1 Å². The molecule has 1 aromatic heterocycles. The maximum absolute atomic E-state index is 14.6. The van der Waals surface area contributed by atoms with Gasteiger partial charge < -0.3 is 14.2 Å². The predicted molar refractivity (Wildman–Crippen MR) is 223 cm³/mol. The zero-order valence-electron chi connectivity index (χ0n) is 31.3. The Balaban J connectivity index is 1.37. The van der Waals surface area contributed by atoms with Crippen molar-refractivity contribution in [2.24, 2.45) is 0 Å². The Morgan fingerprint density at radius 2 is 1.11 bits per heavy atom. The molecule has 2 aliphatic rings. The number of hydrogen-bond acceptors (Lipinski definition) is 3. The van der Waals surface area contributed by atoms with Crippen LogP contribution in [0, 0.1) is 11.6 Å². The van der Waals surface area contributed by atoms with Crippen LogP contribution in [0.15, 0.2) is 132 Å². The number of hydrogen-bond donors (Lipinski definition) is 0. The predicted octanol–water partition coefficient (Wildman–Crippen LogP) is 11.7. The summed E-state index contributed by atoms with van der Waals surface area (Å²) in [4.78, 5) is 4.61. The number of anilines is 6. The SMILES string of the molecule is CC(C)(C)c1cc2c3c(c1)N(c1ccc(F)cc1)c1c(ccc4ccccc14)B3c1cc3c(cc1N2c1ccc(F)cc1)oc1ccc(C(C)(C)C)cc13. The lowest BCUT2D eigenvalue weighted by Crippen LogP contribution is -2.61. The Morgan fingerprint density at radius 1 is 0.500 bits per heavy atom. The van der Waals surface area contributed by atoms with Crippen LogP contribution >= 0.6 is 0 Å². The monoisotopic (exact) mass is 708 g/mol. The van der Waals surface area contributed by atoms with Crippen LogP contribution in [0.2, 0.25) is 0 Å². The highest BCUT2D eigenvalue weighted by atomic mass is 19.1. The van der Waals surface area contributed by atoms with Gasteiger partial charge in [-0.15, -0.1) is 0 Å². The molecule has 8 aromatic rings. The second-order valence-corrected chi connectivity index (χ2v) is 16.9. The Labute approximate surface area is 314 Å². The Morgan fingerprint density at radius 3 is 1.78 bits per heavy atom. The first-order valence-electron chi connectivity index (χ1n) is 18.7. The molecule has 0 N–H and O–H groups in total. The molecule has 0 radical (unpaired) electrons. The van der Waals surface area contributed by atoms with Crippen molar-refractivity contribution in [3.8, 4) is 0 Å². The van der Waals surface area contributed by atoms with Crippen LogP contribution in [0.5, 0.6) is 0 Å². The standard InChI is InChI=1S/C48H39BF2N2O/c1-47(2,3)29-12-22-43-36(23-29)37-26-39-40(27-44(37)54-43)52(33-17-13-31(50)14-18-33)41-24-30(48(4,5)6)25-42-45(41)49(39)38-21-11-28-9-7-8-10-35(28)46(38)53(42)34-19-15-32(51)16-20-34/h7-27H,1-6H3. The fourth-order valence-corrected chi connectivity index (χ4v) is 8.65. The van der Waals surface area contributed by atoms with Gasteiger partial charge in [0.1, 0.15) is 22.8 Å². The number of rotatable bonds is 2. The summed E-state index contributed by atoms with van der Waals surface area (Å²) in [5, 5.41) is 4.41. The fourth-order valence-electron chi connectivity index (χ4n) is 8.65. The van der Waals surface area contributed by atoms with Crippen LogP contribution in [-0.2, 0) is 10.8 Å². The molecule has 3 nitrogen and oxygen atoms in total. The first-order chi connectivity index (χ1) is 25.8. The van der Waals surface area contributed by atoms with E-state index >= 15 is 0 Å². The van der Waals surface area contributed by atoms with Crippen molar-refractivity contribution in [3.63, 3.8) is 0 Å². The second kappa shape index (κ2) is 11.3. The van der Waals surface area contributed by atoms with Gasteiger partial charge in [-0.3, -0.25) is 0 Å². The van der Waals surface area contributed by atoms with E-state index in [1.165, 1.54) is 17.7 Å². The molecule has 0 aliphatic carbocycles. The maximum Gasteiger partial charge on any atom is 0.252 e. The van der Waals surface area contributed by atoms with Crippen LogP contribution in [0.25, 0.3) is 32.7 Å². The normalized spacial score (nSPS) is 13.8. The van der Waals surface area contributed by atoms with Gasteiger partial charge in [0, 0.05) is 56.3 Å². The highest BCUT2D eigenvalue weighted by Crippen LogP contribution is 2.48. The number of furan rings is 1. The van der Waals surface area contributed by atoms with Crippen molar-refractivity contribution in [2.45, 2.75) is 52.4 Å². The molecule has 3 heterocycles. The molecule has 0 amide bonds. The molecule has 54 heavy (non-hydrogen) atoms. The van der Waals surface area contributed by atoms with Gasteiger partial charge in [-0.05, 0) is 117 Å². The van der Waals surface area contributed by atoms with Gasteiger partial charge in [0.05, 0.1) is 0 Å². The molecule has 7 aromatic carbocycles. The van der Waals surface area contributed by atoms with Gasteiger partial charge in [0.25, 0.3) is 6.71 Å². The van der Waals surface area contributed by atoms with Gasteiger partial charge in [-0.2, -0.15) is 0 Å². The summed E-state index contributed by atoms with van der Waals surface area (Å²) in [6, 6.07) is 42.3.